The van der Waals surface area contributed by atoms with E-state index < -0.39 is 0 Å². The first-order chi connectivity index (χ1) is 12.3. The summed E-state index contributed by atoms with van der Waals surface area (Å²) in [5.41, 5.74) is 3.70. The molecule has 2 aliphatic rings. The Kier molecular flexibility index (Phi) is 4.92. The van der Waals surface area contributed by atoms with E-state index in [1.807, 2.05) is 18.5 Å². The molecule has 132 valence electrons. The number of pyridine rings is 1. The van der Waals surface area contributed by atoms with Crippen LogP contribution in [0.15, 0.2) is 35.4 Å². The lowest BCUT2D eigenvalue weighted by Crippen LogP contribution is -2.37. The summed E-state index contributed by atoms with van der Waals surface area (Å²) in [6, 6.07) is 6.73. The highest BCUT2D eigenvalue weighted by Gasteiger charge is 2.24. The topological polar surface area (TPSA) is 59.8 Å². The van der Waals surface area contributed by atoms with Crippen LogP contribution in [-0.2, 0) is 19.4 Å². The van der Waals surface area contributed by atoms with Gasteiger partial charge in [-0.25, -0.2) is 4.68 Å². The van der Waals surface area contributed by atoms with Gasteiger partial charge in [-0.15, -0.1) is 0 Å². The Bertz CT molecular complexity index is 763. The van der Waals surface area contributed by atoms with Gasteiger partial charge in [0, 0.05) is 31.0 Å². The molecule has 1 saturated carbocycles. The monoisotopic (exact) mass is 338 g/mol. The minimum atomic E-state index is 0.0915. The largest absolute Gasteiger partial charge is 0.310 e. The first-order valence-corrected chi connectivity index (χ1v) is 9.53. The van der Waals surface area contributed by atoms with E-state index in [1.165, 1.54) is 24.0 Å². The van der Waals surface area contributed by atoms with Gasteiger partial charge in [0.15, 0.2) is 0 Å². The summed E-state index contributed by atoms with van der Waals surface area (Å²) >= 11 is 0. The highest BCUT2D eigenvalue weighted by Crippen LogP contribution is 2.28. The van der Waals surface area contributed by atoms with Crippen LogP contribution in [0, 0.1) is 0 Å². The van der Waals surface area contributed by atoms with Crippen molar-refractivity contribution in [3.8, 4) is 0 Å². The van der Waals surface area contributed by atoms with E-state index in [2.05, 4.69) is 22.4 Å². The molecule has 0 unspecified atom stereocenters. The molecule has 5 nitrogen and oxygen atoms in total. The molecule has 1 fully saturated rings. The van der Waals surface area contributed by atoms with Gasteiger partial charge in [0.2, 0.25) is 0 Å². The van der Waals surface area contributed by atoms with Gasteiger partial charge < -0.3 is 5.32 Å². The summed E-state index contributed by atoms with van der Waals surface area (Å²) < 4.78 is 1.78. The third-order valence-electron chi connectivity index (χ3n) is 5.62. The zero-order valence-corrected chi connectivity index (χ0v) is 14.7. The number of aromatic nitrogens is 3. The van der Waals surface area contributed by atoms with Crippen molar-refractivity contribution in [2.24, 2.45) is 0 Å². The molecule has 0 spiro atoms. The van der Waals surface area contributed by atoms with Crippen molar-refractivity contribution in [2.75, 3.05) is 0 Å². The van der Waals surface area contributed by atoms with Crippen LogP contribution < -0.4 is 10.9 Å². The average Bonchev–Trinajstić information content (AvgIpc) is 2.67. The molecule has 2 aromatic rings. The van der Waals surface area contributed by atoms with Crippen LogP contribution in [-0.4, -0.2) is 20.8 Å². The van der Waals surface area contributed by atoms with E-state index in [0.717, 1.165) is 50.8 Å². The molecule has 0 atom stereocenters. The van der Waals surface area contributed by atoms with Gasteiger partial charge in [-0.3, -0.25) is 9.78 Å². The Hall–Kier alpha value is -2.01. The summed E-state index contributed by atoms with van der Waals surface area (Å²) in [6.07, 6.45) is 12.4. The molecule has 0 aliphatic heterocycles. The molecule has 0 saturated heterocycles. The van der Waals surface area contributed by atoms with Crippen LogP contribution in [0.3, 0.4) is 0 Å². The Morgan fingerprint density at radius 3 is 2.64 bits per heavy atom. The van der Waals surface area contributed by atoms with Crippen molar-refractivity contribution in [1.29, 1.82) is 0 Å². The summed E-state index contributed by atoms with van der Waals surface area (Å²) in [5.74, 6) is 0. The van der Waals surface area contributed by atoms with Gasteiger partial charge in [0.1, 0.15) is 0 Å². The van der Waals surface area contributed by atoms with Crippen LogP contribution in [0.2, 0.25) is 0 Å². The zero-order valence-electron chi connectivity index (χ0n) is 14.7. The predicted octanol–water partition coefficient (Wildman–Crippen LogP) is 2.79. The fourth-order valence-corrected chi connectivity index (χ4v) is 4.13. The Morgan fingerprint density at radius 1 is 1.08 bits per heavy atom. The summed E-state index contributed by atoms with van der Waals surface area (Å²) in [7, 11) is 0. The Labute approximate surface area is 148 Å². The maximum Gasteiger partial charge on any atom is 0.267 e. The maximum atomic E-state index is 12.5. The van der Waals surface area contributed by atoms with E-state index >= 15 is 0 Å². The number of aryl methyl sites for hydroxylation is 2. The van der Waals surface area contributed by atoms with E-state index in [1.54, 1.807) is 4.68 Å². The molecule has 0 aromatic carbocycles. The van der Waals surface area contributed by atoms with Crippen molar-refractivity contribution in [3.63, 3.8) is 0 Å². The number of nitrogens with zero attached hydrogens (tertiary/aromatic N) is 3. The van der Waals surface area contributed by atoms with E-state index in [4.69, 9.17) is 5.10 Å². The number of fused-ring (bicyclic) bond motifs is 1. The van der Waals surface area contributed by atoms with Crippen molar-refractivity contribution in [3.05, 3.63) is 57.8 Å². The van der Waals surface area contributed by atoms with Gasteiger partial charge >= 0.3 is 0 Å². The van der Waals surface area contributed by atoms with E-state index in [-0.39, 0.29) is 11.6 Å². The fourth-order valence-electron chi connectivity index (χ4n) is 4.13. The number of hydrogen-bond donors (Lipinski definition) is 1. The van der Waals surface area contributed by atoms with Crippen LogP contribution in [0.4, 0.5) is 0 Å². The molecule has 0 radical (unpaired) electrons. The van der Waals surface area contributed by atoms with Gasteiger partial charge in [0.25, 0.3) is 5.56 Å². The molecule has 4 rings (SSSR count). The number of nitrogens with one attached hydrogen (secondary N) is 1. The predicted molar refractivity (Wildman–Crippen MR) is 97.5 cm³/mol. The van der Waals surface area contributed by atoms with Crippen LogP contribution in [0.25, 0.3) is 0 Å². The normalized spacial score (nSPS) is 23.2. The van der Waals surface area contributed by atoms with Gasteiger partial charge in [-0.1, -0.05) is 0 Å². The molecule has 2 heterocycles. The lowest BCUT2D eigenvalue weighted by molar-refractivity contribution is 0.266. The Morgan fingerprint density at radius 2 is 1.84 bits per heavy atom. The summed E-state index contributed by atoms with van der Waals surface area (Å²) in [4.78, 5) is 16.5. The molecule has 5 heteroatoms. The smallest absolute Gasteiger partial charge is 0.267 e. The number of rotatable bonds is 4. The van der Waals surface area contributed by atoms with Gasteiger partial charge in [-0.05, 0) is 74.6 Å². The third kappa shape index (κ3) is 3.82. The van der Waals surface area contributed by atoms with Crippen LogP contribution in [0.1, 0.15) is 61.4 Å². The van der Waals surface area contributed by atoms with Crippen molar-refractivity contribution >= 4 is 0 Å². The third-order valence-corrected chi connectivity index (χ3v) is 5.62. The second kappa shape index (κ2) is 7.48. The van der Waals surface area contributed by atoms with Gasteiger partial charge in [0.05, 0.1) is 11.7 Å². The standard InChI is InChI=1S/C20H26N4O/c25-20-13-16-3-1-2-4-19(16)23-24(20)18-7-5-17(6-8-18)22-14-15-9-11-21-12-10-15/h9-13,17-18,22H,1-8,14H2. The summed E-state index contributed by atoms with van der Waals surface area (Å²) in [6.45, 7) is 0.884. The second-order valence-electron chi connectivity index (χ2n) is 7.35. The molecular formula is C20H26N4O. The average molecular weight is 338 g/mol. The Balaban J connectivity index is 1.36. The minimum Gasteiger partial charge on any atom is -0.310 e. The molecule has 0 amide bonds. The fraction of sp³-hybridized carbons (Fsp3) is 0.550. The quantitative estimate of drug-likeness (QED) is 0.931. The zero-order chi connectivity index (χ0) is 17.1. The van der Waals surface area contributed by atoms with Crippen LogP contribution in [0.5, 0.6) is 0 Å². The lowest BCUT2D eigenvalue weighted by Gasteiger charge is -2.30. The molecule has 2 aromatic heterocycles. The first kappa shape index (κ1) is 16.5. The molecule has 2 aliphatic carbocycles. The van der Waals surface area contributed by atoms with Gasteiger partial charge in [-0.2, -0.15) is 5.10 Å². The van der Waals surface area contributed by atoms with E-state index in [0.29, 0.717) is 6.04 Å². The van der Waals surface area contributed by atoms with Crippen molar-refractivity contribution < 1.29 is 0 Å². The van der Waals surface area contributed by atoms with Crippen molar-refractivity contribution in [2.45, 2.75) is 70.0 Å². The summed E-state index contributed by atoms with van der Waals surface area (Å²) in [5, 5.41) is 8.37. The first-order valence-electron chi connectivity index (χ1n) is 9.53. The van der Waals surface area contributed by atoms with Crippen molar-refractivity contribution in [1.82, 2.24) is 20.1 Å². The molecule has 1 N–H and O–H groups in total. The van der Waals surface area contributed by atoms with E-state index in [9.17, 15) is 4.79 Å². The highest BCUT2D eigenvalue weighted by molar-refractivity contribution is 5.20. The maximum absolute atomic E-state index is 12.5. The molecular weight excluding hydrogens is 312 g/mol. The minimum absolute atomic E-state index is 0.0915. The second-order valence-corrected chi connectivity index (χ2v) is 7.35. The molecule has 0 bridgehead atoms. The molecule has 25 heavy (non-hydrogen) atoms. The lowest BCUT2D eigenvalue weighted by atomic mass is 9.91. The SMILES string of the molecule is O=c1cc2c(nn1C1CCC(NCc3ccncc3)CC1)CCCC2. The number of hydrogen-bond acceptors (Lipinski definition) is 4. The highest BCUT2D eigenvalue weighted by atomic mass is 16.1. The van der Waals surface area contributed by atoms with Crippen LogP contribution >= 0.6 is 0 Å².